The van der Waals surface area contributed by atoms with Crippen LogP contribution in [0.15, 0.2) is 42.5 Å². The van der Waals surface area contributed by atoms with Crippen LogP contribution in [0.1, 0.15) is 22.7 Å². The Morgan fingerprint density at radius 3 is 2.82 bits per heavy atom. The minimum Gasteiger partial charge on any atom is -0.456 e. The summed E-state index contributed by atoms with van der Waals surface area (Å²) in [5.74, 6) is 1.80. The SMILES string of the molecule is Cc1cccc2c1Oc1ccccc1[C@H]2NC(=O)OCCCl. The van der Waals surface area contributed by atoms with Crippen molar-refractivity contribution >= 4 is 17.7 Å². The topological polar surface area (TPSA) is 47.6 Å². The smallest absolute Gasteiger partial charge is 0.407 e. The summed E-state index contributed by atoms with van der Waals surface area (Å²) in [5.41, 5.74) is 2.85. The van der Waals surface area contributed by atoms with E-state index in [1.54, 1.807) is 0 Å². The second kappa shape index (κ2) is 6.28. The van der Waals surface area contributed by atoms with E-state index in [0.29, 0.717) is 0 Å². The van der Waals surface area contributed by atoms with Crippen molar-refractivity contribution in [3.8, 4) is 11.5 Å². The lowest BCUT2D eigenvalue weighted by Gasteiger charge is -2.29. The van der Waals surface area contributed by atoms with Crippen molar-refractivity contribution in [2.24, 2.45) is 0 Å². The number of benzene rings is 2. The minimum atomic E-state index is -0.491. The highest BCUT2D eigenvalue weighted by molar-refractivity contribution is 6.18. The zero-order valence-electron chi connectivity index (χ0n) is 12.1. The van der Waals surface area contributed by atoms with E-state index in [4.69, 9.17) is 21.1 Å². The van der Waals surface area contributed by atoms with E-state index in [2.05, 4.69) is 5.32 Å². The molecular formula is C17H16ClNO3. The van der Waals surface area contributed by atoms with Gasteiger partial charge in [-0.25, -0.2) is 4.79 Å². The molecule has 2 aromatic rings. The van der Waals surface area contributed by atoms with E-state index in [9.17, 15) is 4.79 Å². The highest BCUT2D eigenvalue weighted by Crippen LogP contribution is 2.44. The van der Waals surface area contributed by atoms with Crippen LogP contribution < -0.4 is 10.1 Å². The number of para-hydroxylation sites is 2. The van der Waals surface area contributed by atoms with Crippen LogP contribution in [0.3, 0.4) is 0 Å². The minimum absolute atomic E-state index is 0.179. The molecule has 1 aliphatic heterocycles. The number of alkyl carbamates (subject to hydrolysis) is 1. The Labute approximate surface area is 134 Å². The molecule has 0 aliphatic carbocycles. The van der Waals surface area contributed by atoms with Crippen molar-refractivity contribution in [2.75, 3.05) is 12.5 Å². The molecule has 114 valence electrons. The summed E-state index contributed by atoms with van der Waals surface area (Å²) in [4.78, 5) is 11.9. The van der Waals surface area contributed by atoms with E-state index in [-0.39, 0.29) is 18.5 Å². The molecule has 3 rings (SSSR count). The van der Waals surface area contributed by atoms with E-state index < -0.39 is 6.09 Å². The van der Waals surface area contributed by atoms with Crippen LogP contribution in [0.2, 0.25) is 0 Å². The van der Waals surface area contributed by atoms with Gasteiger partial charge in [-0.1, -0.05) is 36.4 Å². The van der Waals surface area contributed by atoms with Crippen LogP contribution in [-0.2, 0) is 4.74 Å². The Morgan fingerprint density at radius 1 is 1.23 bits per heavy atom. The van der Waals surface area contributed by atoms with E-state index in [0.717, 1.165) is 28.2 Å². The molecule has 22 heavy (non-hydrogen) atoms. The van der Waals surface area contributed by atoms with Crippen LogP contribution in [0, 0.1) is 6.92 Å². The summed E-state index contributed by atoms with van der Waals surface area (Å²) >= 11 is 5.55. The van der Waals surface area contributed by atoms with Crippen LogP contribution in [-0.4, -0.2) is 18.6 Å². The number of ether oxygens (including phenoxy) is 2. The van der Waals surface area contributed by atoms with Crippen molar-refractivity contribution in [3.05, 3.63) is 59.2 Å². The third-order valence-electron chi connectivity index (χ3n) is 3.57. The molecule has 0 bridgehead atoms. The predicted molar refractivity (Wildman–Crippen MR) is 84.7 cm³/mol. The summed E-state index contributed by atoms with van der Waals surface area (Å²) in [6, 6.07) is 13.2. The lowest BCUT2D eigenvalue weighted by Crippen LogP contribution is -2.32. The zero-order chi connectivity index (χ0) is 15.5. The molecule has 0 saturated carbocycles. The summed E-state index contributed by atoms with van der Waals surface area (Å²) in [6.45, 7) is 2.16. The zero-order valence-corrected chi connectivity index (χ0v) is 12.9. The van der Waals surface area contributed by atoms with Crippen molar-refractivity contribution in [3.63, 3.8) is 0 Å². The van der Waals surface area contributed by atoms with Crippen molar-refractivity contribution in [1.29, 1.82) is 0 Å². The van der Waals surface area contributed by atoms with Crippen molar-refractivity contribution in [1.82, 2.24) is 5.32 Å². The van der Waals surface area contributed by atoms with Gasteiger partial charge in [0.05, 0.1) is 11.9 Å². The fourth-order valence-electron chi connectivity index (χ4n) is 2.58. The van der Waals surface area contributed by atoms with Crippen LogP contribution in [0.25, 0.3) is 0 Å². The quantitative estimate of drug-likeness (QED) is 0.865. The van der Waals surface area contributed by atoms with Crippen molar-refractivity contribution in [2.45, 2.75) is 13.0 Å². The van der Waals surface area contributed by atoms with Gasteiger partial charge in [-0.05, 0) is 18.6 Å². The van der Waals surface area contributed by atoms with Gasteiger partial charge in [0.1, 0.15) is 18.1 Å². The normalized spacial score (nSPS) is 15.3. The van der Waals surface area contributed by atoms with E-state index >= 15 is 0 Å². The van der Waals surface area contributed by atoms with E-state index in [1.807, 2.05) is 49.4 Å². The van der Waals surface area contributed by atoms with Gasteiger partial charge in [0.25, 0.3) is 0 Å². The van der Waals surface area contributed by atoms with Crippen LogP contribution >= 0.6 is 11.6 Å². The molecule has 1 amide bonds. The van der Waals surface area contributed by atoms with Gasteiger partial charge in [-0.2, -0.15) is 0 Å². The molecule has 4 nitrogen and oxygen atoms in total. The Hall–Kier alpha value is -2.20. The average molecular weight is 318 g/mol. The highest BCUT2D eigenvalue weighted by atomic mass is 35.5. The number of aryl methyl sites for hydroxylation is 1. The number of hydrogen-bond donors (Lipinski definition) is 1. The summed E-state index contributed by atoms with van der Waals surface area (Å²) < 4.78 is 11.0. The monoisotopic (exact) mass is 317 g/mol. The Bertz CT molecular complexity index is 702. The largest absolute Gasteiger partial charge is 0.456 e. The second-order valence-electron chi connectivity index (χ2n) is 5.04. The number of carbonyl (C=O) groups is 1. The van der Waals surface area contributed by atoms with Gasteiger partial charge in [0.15, 0.2) is 0 Å². The molecule has 1 aliphatic rings. The lowest BCUT2D eigenvalue weighted by molar-refractivity contribution is 0.150. The standard InChI is InChI=1S/C17H16ClNO3/c1-11-5-4-7-13-15(19-17(20)21-10-9-18)12-6-2-3-8-14(12)22-16(11)13/h2-8,15H,9-10H2,1H3,(H,19,20)/t15-/m1/s1. The van der Waals surface area contributed by atoms with E-state index in [1.165, 1.54) is 0 Å². The molecule has 5 heteroatoms. The maximum atomic E-state index is 11.9. The van der Waals surface area contributed by atoms with Crippen LogP contribution in [0.5, 0.6) is 11.5 Å². The molecule has 0 spiro atoms. The third kappa shape index (κ3) is 2.74. The first-order chi connectivity index (χ1) is 10.7. The molecular weight excluding hydrogens is 302 g/mol. The lowest BCUT2D eigenvalue weighted by atomic mass is 9.93. The third-order valence-corrected chi connectivity index (χ3v) is 3.72. The Kier molecular flexibility index (Phi) is 4.20. The maximum Gasteiger partial charge on any atom is 0.407 e. The molecule has 2 aromatic carbocycles. The number of alkyl halides is 1. The number of rotatable bonds is 3. The number of hydrogen-bond acceptors (Lipinski definition) is 3. The van der Waals surface area contributed by atoms with Gasteiger partial charge in [0, 0.05) is 11.1 Å². The fraction of sp³-hybridized carbons (Fsp3) is 0.235. The first-order valence-electron chi connectivity index (χ1n) is 7.06. The summed E-state index contributed by atoms with van der Waals surface area (Å²) in [6.07, 6.45) is -0.491. The molecule has 1 N–H and O–H groups in total. The van der Waals surface area contributed by atoms with Gasteiger partial charge >= 0.3 is 6.09 Å². The highest BCUT2D eigenvalue weighted by Gasteiger charge is 2.29. The number of carbonyl (C=O) groups excluding carboxylic acids is 1. The Balaban J connectivity index is 1.98. The van der Waals surface area contributed by atoms with Gasteiger partial charge < -0.3 is 14.8 Å². The summed E-state index contributed by atoms with van der Waals surface area (Å²) in [5, 5.41) is 2.89. The van der Waals surface area contributed by atoms with Crippen LogP contribution in [0.4, 0.5) is 4.79 Å². The predicted octanol–water partition coefficient (Wildman–Crippen LogP) is 4.16. The first-order valence-corrected chi connectivity index (χ1v) is 7.59. The second-order valence-corrected chi connectivity index (χ2v) is 5.41. The molecule has 0 unspecified atom stereocenters. The molecule has 0 fully saturated rings. The maximum absolute atomic E-state index is 11.9. The van der Waals surface area contributed by atoms with Gasteiger partial charge in [0.2, 0.25) is 0 Å². The molecule has 0 radical (unpaired) electrons. The van der Waals surface area contributed by atoms with Gasteiger partial charge in [-0.3, -0.25) is 0 Å². The average Bonchev–Trinajstić information content (AvgIpc) is 2.53. The fourth-order valence-corrected chi connectivity index (χ4v) is 2.65. The molecule has 0 aromatic heterocycles. The molecule has 0 saturated heterocycles. The van der Waals surface area contributed by atoms with Crippen molar-refractivity contribution < 1.29 is 14.3 Å². The number of amides is 1. The first kappa shape index (κ1) is 14.7. The Morgan fingerprint density at radius 2 is 2.00 bits per heavy atom. The number of halogens is 1. The number of fused-ring (bicyclic) bond motifs is 2. The molecule has 1 atom stereocenters. The summed E-state index contributed by atoms with van der Waals surface area (Å²) in [7, 11) is 0. The number of nitrogens with one attached hydrogen (secondary N) is 1. The van der Waals surface area contributed by atoms with Gasteiger partial charge in [-0.15, -0.1) is 11.6 Å². The molecule has 1 heterocycles.